The van der Waals surface area contributed by atoms with Gasteiger partial charge < -0.3 is 10.1 Å². The lowest BCUT2D eigenvalue weighted by atomic mass is 10.2. The molecular weight excluding hydrogens is 356 g/mol. The SMILES string of the molecule is COC(=O)c1sc(NC(=O)CSCc2ccc(Cl)cc2)nc1C. The number of benzene rings is 1. The van der Waals surface area contributed by atoms with Crippen molar-refractivity contribution in [3.8, 4) is 0 Å². The van der Waals surface area contributed by atoms with Crippen molar-refractivity contribution in [2.45, 2.75) is 12.7 Å². The number of methoxy groups -OCH3 is 1. The van der Waals surface area contributed by atoms with E-state index in [-0.39, 0.29) is 5.91 Å². The van der Waals surface area contributed by atoms with Crippen LogP contribution in [-0.2, 0) is 15.3 Å². The molecule has 0 atom stereocenters. The molecule has 0 aliphatic carbocycles. The van der Waals surface area contributed by atoms with Gasteiger partial charge in [0.05, 0.1) is 18.6 Å². The molecule has 122 valence electrons. The molecule has 1 N–H and O–H groups in total. The van der Waals surface area contributed by atoms with Crippen LogP contribution >= 0.6 is 34.7 Å². The zero-order chi connectivity index (χ0) is 16.8. The third-order valence-electron chi connectivity index (χ3n) is 2.83. The predicted molar refractivity (Wildman–Crippen MR) is 94.4 cm³/mol. The lowest BCUT2D eigenvalue weighted by Crippen LogP contribution is -2.13. The second-order valence-electron chi connectivity index (χ2n) is 4.59. The summed E-state index contributed by atoms with van der Waals surface area (Å²) in [5, 5.41) is 3.79. The highest BCUT2D eigenvalue weighted by atomic mass is 35.5. The molecule has 2 rings (SSSR count). The number of thiazole rings is 1. The first-order chi connectivity index (χ1) is 11.0. The second kappa shape index (κ2) is 8.33. The van der Waals surface area contributed by atoms with Crippen LogP contribution in [0.3, 0.4) is 0 Å². The molecule has 0 aliphatic heterocycles. The maximum Gasteiger partial charge on any atom is 0.350 e. The Hall–Kier alpha value is -1.57. The number of carbonyl (C=O) groups is 2. The van der Waals surface area contributed by atoms with E-state index in [1.807, 2.05) is 24.3 Å². The number of hydrogen-bond donors (Lipinski definition) is 1. The first kappa shape index (κ1) is 17.8. The van der Waals surface area contributed by atoms with Crippen molar-refractivity contribution >= 4 is 51.7 Å². The fourth-order valence-electron chi connectivity index (χ4n) is 1.73. The summed E-state index contributed by atoms with van der Waals surface area (Å²) in [7, 11) is 1.31. The summed E-state index contributed by atoms with van der Waals surface area (Å²) in [5.41, 5.74) is 1.65. The molecule has 2 aromatic rings. The van der Waals surface area contributed by atoms with Gasteiger partial charge in [0.2, 0.25) is 5.91 Å². The molecule has 1 heterocycles. The Labute approximate surface area is 147 Å². The van der Waals surface area contributed by atoms with Crippen molar-refractivity contribution in [2.75, 3.05) is 18.2 Å². The lowest BCUT2D eigenvalue weighted by molar-refractivity contribution is -0.113. The average molecular weight is 371 g/mol. The zero-order valence-electron chi connectivity index (χ0n) is 12.6. The quantitative estimate of drug-likeness (QED) is 0.784. The number of ether oxygens (including phenoxy) is 1. The van der Waals surface area contributed by atoms with Crippen LogP contribution in [-0.4, -0.2) is 29.7 Å². The van der Waals surface area contributed by atoms with Crippen LogP contribution in [0.1, 0.15) is 20.9 Å². The van der Waals surface area contributed by atoms with E-state index in [0.717, 1.165) is 22.7 Å². The fourth-order valence-corrected chi connectivity index (χ4v) is 3.54. The molecule has 0 radical (unpaired) electrons. The fraction of sp³-hybridized carbons (Fsp3) is 0.267. The number of thioether (sulfide) groups is 1. The van der Waals surface area contributed by atoms with E-state index in [0.29, 0.717) is 26.5 Å². The first-order valence-corrected chi connectivity index (χ1v) is 9.02. The van der Waals surface area contributed by atoms with Crippen LogP contribution in [0, 0.1) is 6.92 Å². The molecule has 0 spiro atoms. The molecule has 0 saturated carbocycles. The number of nitrogens with one attached hydrogen (secondary N) is 1. The van der Waals surface area contributed by atoms with E-state index >= 15 is 0 Å². The number of hydrogen-bond acceptors (Lipinski definition) is 6. The molecule has 0 saturated heterocycles. The second-order valence-corrected chi connectivity index (χ2v) is 7.01. The van der Waals surface area contributed by atoms with E-state index in [1.165, 1.54) is 18.9 Å². The van der Waals surface area contributed by atoms with Gasteiger partial charge in [-0.05, 0) is 24.6 Å². The number of aryl methyl sites for hydroxylation is 1. The largest absolute Gasteiger partial charge is 0.465 e. The summed E-state index contributed by atoms with van der Waals surface area (Å²) in [6, 6.07) is 7.51. The van der Waals surface area contributed by atoms with Gasteiger partial charge in [-0.15, -0.1) is 11.8 Å². The highest BCUT2D eigenvalue weighted by Crippen LogP contribution is 2.23. The average Bonchev–Trinajstić information content (AvgIpc) is 2.89. The van der Waals surface area contributed by atoms with Gasteiger partial charge in [-0.25, -0.2) is 9.78 Å². The number of rotatable bonds is 6. The smallest absolute Gasteiger partial charge is 0.350 e. The van der Waals surface area contributed by atoms with Crippen LogP contribution in [0.2, 0.25) is 5.02 Å². The Morgan fingerprint density at radius 3 is 2.70 bits per heavy atom. The molecule has 8 heteroatoms. The maximum absolute atomic E-state index is 11.9. The molecule has 1 amide bonds. The standard InChI is InChI=1S/C15H15ClN2O3S2/c1-9-13(14(20)21-2)23-15(17-9)18-12(19)8-22-7-10-3-5-11(16)6-4-10/h3-6H,7-8H2,1-2H3,(H,17,18,19). The van der Waals surface area contributed by atoms with Crippen molar-refractivity contribution in [3.05, 3.63) is 45.4 Å². The van der Waals surface area contributed by atoms with Crippen molar-refractivity contribution in [1.29, 1.82) is 0 Å². The Balaban J connectivity index is 1.83. The molecule has 0 aliphatic rings. The number of halogens is 1. The summed E-state index contributed by atoms with van der Waals surface area (Å²) >= 11 is 8.43. The molecule has 1 aromatic heterocycles. The van der Waals surface area contributed by atoms with Crippen LogP contribution in [0.25, 0.3) is 0 Å². The van der Waals surface area contributed by atoms with Crippen molar-refractivity contribution in [3.63, 3.8) is 0 Å². The minimum absolute atomic E-state index is 0.158. The first-order valence-electron chi connectivity index (χ1n) is 6.67. The minimum atomic E-state index is -0.447. The Morgan fingerprint density at radius 2 is 2.04 bits per heavy atom. The third kappa shape index (κ3) is 5.23. The van der Waals surface area contributed by atoms with Crippen LogP contribution < -0.4 is 5.32 Å². The number of nitrogens with zero attached hydrogens (tertiary/aromatic N) is 1. The van der Waals surface area contributed by atoms with Gasteiger partial charge in [0, 0.05) is 10.8 Å². The Bertz CT molecular complexity index is 701. The van der Waals surface area contributed by atoms with E-state index < -0.39 is 5.97 Å². The van der Waals surface area contributed by atoms with Gasteiger partial charge in [-0.3, -0.25) is 4.79 Å². The number of carbonyl (C=O) groups excluding carboxylic acids is 2. The lowest BCUT2D eigenvalue weighted by Gasteiger charge is -2.02. The summed E-state index contributed by atoms with van der Waals surface area (Å²) < 4.78 is 4.66. The third-order valence-corrected chi connectivity index (χ3v) is 5.14. The van der Waals surface area contributed by atoms with Gasteiger partial charge in [-0.2, -0.15) is 0 Å². The normalized spacial score (nSPS) is 10.4. The maximum atomic E-state index is 11.9. The van der Waals surface area contributed by atoms with Gasteiger partial charge in [0.25, 0.3) is 0 Å². The van der Waals surface area contributed by atoms with Gasteiger partial charge in [-0.1, -0.05) is 35.1 Å². The van der Waals surface area contributed by atoms with Crippen LogP contribution in [0.4, 0.5) is 5.13 Å². The van der Waals surface area contributed by atoms with E-state index in [9.17, 15) is 9.59 Å². The van der Waals surface area contributed by atoms with Crippen molar-refractivity contribution < 1.29 is 14.3 Å². The zero-order valence-corrected chi connectivity index (χ0v) is 15.0. The van der Waals surface area contributed by atoms with Crippen LogP contribution in [0.15, 0.2) is 24.3 Å². The summed E-state index contributed by atoms with van der Waals surface area (Å²) in [6.45, 7) is 1.70. The Kier molecular flexibility index (Phi) is 6.44. The van der Waals surface area contributed by atoms with Gasteiger partial charge in [0.15, 0.2) is 5.13 Å². The number of anilines is 1. The Morgan fingerprint density at radius 1 is 1.35 bits per heavy atom. The highest BCUT2D eigenvalue weighted by molar-refractivity contribution is 7.99. The molecule has 0 unspecified atom stereocenters. The molecule has 0 bridgehead atoms. The number of amides is 1. The van der Waals surface area contributed by atoms with Crippen molar-refractivity contribution in [2.24, 2.45) is 0 Å². The molecule has 23 heavy (non-hydrogen) atoms. The van der Waals surface area contributed by atoms with E-state index in [4.69, 9.17) is 11.6 Å². The molecule has 0 fully saturated rings. The van der Waals surface area contributed by atoms with E-state index in [2.05, 4.69) is 15.0 Å². The van der Waals surface area contributed by atoms with Crippen LogP contribution in [0.5, 0.6) is 0 Å². The van der Waals surface area contributed by atoms with E-state index in [1.54, 1.807) is 6.92 Å². The summed E-state index contributed by atoms with van der Waals surface area (Å²) in [4.78, 5) is 28.0. The summed E-state index contributed by atoms with van der Waals surface area (Å²) in [6.07, 6.45) is 0. The predicted octanol–water partition coefficient (Wildman–Crippen LogP) is 3.76. The molecule has 5 nitrogen and oxygen atoms in total. The topological polar surface area (TPSA) is 68.3 Å². The highest BCUT2D eigenvalue weighted by Gasteiger charge is 2.16. The molecule has 1 aromatic carbocycles. The van der Waals surface area contributed by atoms with Crippen molar-refractivity contribution in [1.82, 2.24) is 4.98 Å². The number of aromatic nitrogens is 1. The molecular formula is C15H15ClN2O3S2. The van der Waals surface area contributed by atoms with Gasteiger partial charge in [0.1, 0.15) is 4.88 Å². The number of esters is 1. The van der Waals surface area contributed by atoms with Gasteiger partial charge >= 0.3 is 5.97 Å². The summed E-state index contributed by atoms with van der Waals surface area (Å²) in [5.74, 6) is 0.413. The monoisotopic (exact) mass is 370 g/mol. The minimum Gasteiger partial charge on any atom is -0.465 e.